The number of hydrogen-bond acceptors (Lipinski definition) is 4. The van der Waals surface area contributed by atoms with Crippen LogP contribution < -0.4 is 5.32 Å². The second kappa shape index (κ2) is 7.44. The smallest absolute Gasteiger partial charge is 0.351 e. The minimum atomic E-state index is -0.890. The molecule has 2 fully saturated rings. The number of nitrogens with one attached hydrogen (secondary N) is 1. The van der Waals surface area contributed by atoms with Gasteiger partial charge >= 0.3 is 5.97 Å². The molecule has 2 rings (SSSR count). The van der Waals surface area contributed by atoms with E-state index in [1.807, 2.05) is 26.8 Å². The van der Waals surface area contributed by atoms with Crippen LogP contribution in [0, 0.1) is 17.8 Å². The standard InChI is InChI=1S/C19H33NO4/c1-6-13(2)15(11-16(17(21)22)20-18(3,4)5)14-7-8-19(12-14)23-9-10-24-19/h11,13-15,20H,6-10,12H2,1-5H3,(H,21,22)/b16-11-. The molecule has 5 nitrogen and oxygen atoms in total. The van der Waals surface area contributed by atoms with E-state index in [2.05, 4.69) is 19.2 Å². The molecule has 1 aliphatic carbocycles. The topological polar surface area (TPSA) is 67.8 Å². The van der Waals surface area contributed by atoms with Crippen LogP contribution >= 0.6 is 0 Å². The lowest BCUT2D eigenvalue weighted by atomic mass is 9.79. The summed E-state index contributed by atoms with van der Waals surface area (Å²) in [5.74, 6) is -0.273. The van der Waals surface area contributed by atoms with Gasteiger partial charge < -0.3 is 19.9 Å². The molecular formula is C19H33NO4. The van der Waals surface area contributed by atoms with Crippen molar-refractivity contribution in [3.8, 4) is 0 Å². The Morgan fingerprint density at radius 3 is 2.50 bits per heavy atom. The van der Waals surface area contributed by atoms with E-state index >= 15 is 0 Å². The fraction of sp³-hybridized carbons (Fsp3) is 0.842. The molecule has 3 atom stereocenters. The lowest BCUT2D eigenvalue weighted by molar-refractivity contribution is -0.153. The number of carboxylic acid groups (broad SMARTS) is 1. The highest BCUT2D eigenvalue weighted by Gasteiger charge is 2.46. The van der Waals surface area contributed by atoms with E-state index in [1.54, 1.807) is 0 Å². The first kappa shape index (κ1) is 19.3. The SMILES string of the molecule is CCC(C)C(/C=C(\NC(C)(C)C)C(=O)O)C1CCC2(C1)OCCO2. The number of allylic oxidation sites excluding steroid dienone is 1. The highest BCUT2D eigenvalue weighted by atomic mass is 16.7. The molecule has 0 aromatic carbocycles. The fourth-order valence-electron chi connectivity index (χ4n) is 3.90. The number of aliphatic carboxylic acids is 1. The predicted octanol–water partition coefficient (Wildman–Crippen LogP) is 3.55. The molecule has 0 aromatic heterocycles. The van der Waals surface area contributed by atoms with E-state index in [-0.39, 0.29) is 11.5 Å². The Morgan fingerprint density at radius 1 is 1.38 bits per heavy atom. The number of carboxylic acids is 1. The number of hydrogen-bond donors (Lipinski definition) is 2. The molecule has 5 heteroatoms. The molecule has 2 aliphatic rings. The maximum atomic E-state index is 11.7. The van der Waals surface area contributed by atoms with E-state index < -0.39 is 11.8 Å². The average Bonchev–Trinajstić information content (AvgIpc) is 3.12. The Bertz CT molecular complexity index is 474. The van der Waals surface area contributed by atoms with Crippen molar-refractivity contribution < 1.29 is 19.4 Å². The third-order valence-corrected chi connectivity index (χ3v) is 5.23. The van der Waals surface area contributed by atoms with Crippen LogP contribution in [-0.2, 0) is 14.3 Å². The summed E-state index contributed by atoms with van der Waals surface area (Å²) in [4.78, 5) is 11.7. The third-order valence-electron chi connectivity index (χ3n) is 5.23. The normalized spacial score (nSPS) is 26.5. The molecule has 24 heavy (non-hydrogen) atoms. The summed E-state index contributed by atoms with van der Waals surface area (Å²) in [5, 5.41) is 12.8. The second-order valence-corrected chi connectivity index (χ2v) is 8.33. The fourth-order valence-corrected chi connectivity index (χ4v) is 3.90. The van der Waals surface area contributed by atoms with Gasteiger partial charge in [0.25, 0.3) is 0 Å². The lowest BCUT2D eigenvalue weighted by Crippen LogP contribution is -2.38. The van der Waals surface area contributed by atoms with Crippen molar-refractivity contribution in [3.05, 3.63) is 11.8 Å². The highest BCUT2D eigenvalue weighted by Crippen LogP contribution is 2.46. The first-order chi connectivity index (χ1) is 11.2. The summed E-state index contributed by atoms with van der Waals surface area (Å²) in [6, 6.07) is 0. The van der Waals surface area contributed by atoms with Crippen molar-refractivity contribution >= 4 is 5.97 Å². The van der Waals surface area contributed by atoms with Gasteiger partial charge in [0.15, 0.2) is 5.79 Å². The maximum Gasteiger partial charge on any atom is 0.351 e. The molecule has 0 amide bonds. The number of rotatable bonds is 6. The minimum absolute atomic E-state index is 0.211. The molecule has 3 unspecified atom stereocenters. The summed E-state index contributed by atoms with van der Waals surface area (Å²) < 4.78 is 11.7. The molecule has 1 aliphatic heterocycles. The van der Waals surface area contributed by atoms with Crippen LogP contribution in [0.1, 0.15) is 60.3 Å². The van der Waals surface area contributed by atoms with Gasteiger partial charge in [0.2, 0.25) is 0 Å². The molecule has 138 valence electrons. The zero-order valence-electron chi connectivity index (χ0n) is 15.7. The second-order valence-electron chi connectivity index (χ2n) is 8.33. The summed E-state index contributed by atoms with van der Waals surface area (Å²) in [6.07, 6.45) is 5.76. The Balaban J connectivity index is 2.21. The minimum Gasteiger partial charge on any atom is -0.477 e. The van der Waals surface area contributed by atoms with Gasteiger partial charge in [0.05, 0.1) is 13.2 Å². The molecule has 1 saturated carbocycles. The first-order valence-electron chi connectivity index (χ1n) is 9.17. The van der Waals surface area contributed by atoms with E-state index in [9.17, 15) is 9.90 Å². The highest BCUT2D eigenvalue weighted by molar-refractivity contribution is 5.86. The van der Waals surface area contributed by atoms with Crippen LogP contribution in [0.5, 0.6) is 0 Å². The van der Waals surface area contributed by atoms with Gasteiger partial charge in [0.1, 0.15) is 5.70 Å². The van der Waals surface area contributed by atoms with Crippen molar-refractivity contribution in [2.45, 2.75) is 71.6 Å². The first-order valence-corrected chi connectivity index (χ1v) is 9.17. The van der Waals surface area contributed by atoms with Crippen LogP contribution in [0.2, 0.25) is 0 Å². The maximum absolute atomic E-state index is 11.7. The largest absolute Gasteiger partial charge is 0.477 e. The van der Waals surface area contributed by atoms with E-state index in [0.717, 1.165) is 25.7 Å². The molecule has 0 aromatic rings. The summed E-state index contributed by atoms with van der Waals surface area (Å²) in [6.45, 7) is 11.6. The Kier molecular flexibility index (Phi) is 5.97. The van der Waals surface area contributed by atoms with Gasteiger partial charge in [0, 0.05) is 18.4 Å². The van der Waals surface area contributed by atoms with Crippen molar-refractivity contribution in [3.63, 3.8) is 0 Å². The van der Waals surface area contributed by atoms with Gasteiger partial charge in [-0.3, -0.25) is 0 Å². The van der Waals surface area contributed by atoms with Gasteiger partial charge in [-0.15, -0.1) is 0 Å². The van der Waals surface area contributed by atoms with Crippen LogP contribution in [-0.4, -0.2) is 35.6 Å². The number of carbonyl (C=O) groups is 1. The van der Waals surface area contributed by atoms with E-state index in [1.165, 1.54) is 0 Å². The summed E-state index contributed by atoms with van der Waals surface area (Å²) in [5.41, 5.74) is 0.0284. The van der Waals surface area contributed by atoms with Crippen molar-refractivity contribution in [1.82, 2.24) is 5.32 Å². The van der Waals surface area contributed by atoms with Gasteiger partial charge in [-0.25, -0.2) is 4.79 Å². The zero-order chi connectivity index (χ0) is 18.0. The Morgan fingerprint density at radius 2 is 2.00 bits per heavy atom. The van der Waals surface area contributed by atoms with Crippen LogP contribution in [0.3, 0.4) is 0 Å². The quantitative estimate of drug-likeness (QED) is 0.724. The van der Waals surface area contributed by atoms with Crippen LogP contribution in [0.15, 0.2) is 11.8 Å². The molecule has 0 radical (unpaired) electrons. The average molecular weight is 339 g/mol. The molecule has 1 saturated heterocycles. The third kappa shape index (κ3) is 4.73. The predicted molar refractivity (Wildman–Crippen MR) is 93.5 cm³/mol. The molecule has 2 N–H and O–H groups in total. The van der Waals surface area contributed by atoms with Crippen LogP contribution in [0.4, 0.5) is 0 Å². The number of ether oxygens (including phenoxy) is 2. The zero-order valence-corrected chi connectivity index (χ0v) is 15.7. The summed E-state index contributed by atoms with van der Waals surface area (Å²) >= 11 is 0. The van der Waals surface area contributed by atoms with Crippen molar-refractivity contribution in [1.29, 1.82) is 0 Å². The van der Waals surface area contributed by atoms with Crippen LogP contribution in [0.25, 0.3) is 0 Å². The van der Waals surface area contributed by atoms with Gasteiger partial charge in [-0.05, 0) is 44.9 Å². The molecule has 0 bridgehead atoms. The van der Waals surface area contributed by atoms with Gasteiger partial charge in [-0.1, -0.05) is 26.3 Å². The molecule has 1 heterocycles. The lowest BCUT2D eigenvalue weighted by Gasteiger charge is -2.30. The monoisotopic (exact) mass is 339 g/mol. The molecular weight excluding hydrogens is 306 g/mol. The Hall–Kier alpha value is -1.07. The molecule has 1 spiro atoms. The van der Waals surface area contributed by atoms with Crippen molar-refractivity contribution in [2.24, 2.45) is 17.8 Å². The summed E-state index contributed by atoms with van der Waals surface area (Å²) in [7, 11) is 0. The van der Waals surface area contributed by atoms with Gasteiger partial charge in [-0.2, -0.15) is 0 Å². The Labute approximate surface area is 145 Å². The van der Waals surface area contributed by atoms with E-state index in [4.69, 9.17) is 9.47 Å². The van der Waals surface area contributed by atoms with E-state index in [0.29, 0.717) is 30.7 Å². The van der Waals surface area contributed by atoms with Crippen molar-refractivity contribution in [2.75, 3.05) is 13.2 Å².